The molecule has 0 fully saturated rings. The second-order valence-corrected chi connectivity index (χ2v) is 8.70. The van der Waals surface area contributed by atoms with Gasteiger partial charge < -0.3 is 9.84 Å². The van der Waals surface area contributed by atoms with Crippen molar-refractivity contribution in [3.63, 3.8) is 0 Å². The molecule has 0 aliphatic rings. The molecule has 4 heteroatoms. The summed E-state index contributed by atoms with van der Waals surface area (Å²) in [4.78, 5) is 12.1. The Bertz CT molecular complexity index is 680. The standard InChI is InChI=1S/C27H42N2O2/c1-2-3-4-5-6-7-8-9-10-11-12-13-14-15-16-17-27(30)29-25-20-18-24(19-21-25)26-22-23-28-31-26/h18-23H,2-17H2,1H3,(H,29,30). The number of rotatable bonds is 18. The summed E-state index contributed by atoms with van der Waals surface area (Å²) in [7, 11) is 0. The largest absolute Gasteiger partial charge is 0.356 e. The fourth-order valence-electron chi connectivity index (χ4n) is 3.96. The maximum atomic E-state index is 12.1. The van der Waals surface area contributed by atoms with Crippen LogP contribution in [0.4, 0.5) is 5.69 Å². The topological polar surface area (TPSA) is 55.1 Å². The quantitative estimate of drug-likeness (QED) is 0.243. The van der Waals surface area contributed by atoms with E-state index in [1.165, 1.54) is 83.5 Å². The van der Waals surface area contributed by atoms with Crippen LogP contribution in [-0.2, 0) is 4.79 Å². The highest BCUT2D eigenvalue weighted by atomic mass is 16.5. The molecule has 4 nitrogen and oxygen atoms in total. The minimum Gasteiger partial charge on any atom is -0.356 e. The van der Waals surface area contributed by atoms with Crippen molar-refractivity contribution in [2.75, 3.05) is 5.32 Å². The monoisotopic (exact) mass is 426 g/mol. The van der Waals surface area contributed by atoms with E-state index >= 15 is 0 Å². The van der Waals surface area contributed by atoms with Crippen LogP contribution in [0.3, 0.4) is 0 Å². The number of nitrogens with one attached hydrogen (secondary N) is 1. The van der Waals surface area contributed by atoms with Crippen LogP contribution in [0.2, 0.25) is 0 Å². The predicted octanol–water partition coefficient (Wildman–Crippen LogP) is 8.54. The van der Waals surface area contributed by atoms with Gasteiger partial charge in [0.1, 0.15) is 0 Å². The summed E-state index contributed by atoms with van der Waals surface area (Å²) in [6, 6.07) is 9.50. The number of carbonyl (C=O) groups excluding carboxylic acids is 1. The summed E-state index contributed by atoms with van der Waals surface area (Å²) < 4.78 is 5.14. The number of benzene rings is 1. The van der Waals surface area contributed by atoms with Gasteiger partial charge in [0.15, 0.2) is 5.76 Å². The molecule has 0 saturated carbocycles. The summed E-state index contributed by atoms with van der Waals surface area (Å²) in [6.07, 6.45) is 22.3. The highest BCUT2D eigenvalue weighted by Gasteiger charge is 2.05. The predicted molar refractivity (Wildman–Crippen MR) is 130 cm³/mol. The van der Waals surface area contributed by atoms with E-state index in [0.29, 0.717) is 6.42 Å². The fourth-order valence-corrected chi connectivity index (χ4v) is 3.96. The Hall–Kier alpha value is -2.10. The van der Waals surface area contributed by atoms with Crippen LogP contribution in [0.5, 0.6) is 0 Å². The zero-order valence-electron chi connectivity index (χ0n) is 19.5. The van der Waals surface area contributed by atoms with E-state index < -0.39 is 0 Å². The van der Waals surface area contributed by atoms with Crippen molar-refractivity contribution in [3.8, 4) is 11.3 Å². The van der Waals surface area contributed by atoms with Crippen molar-refractivity contribution in [3.05, 3.63) is 36.5 Å². The maximum absolute atomic E-state index is 12.1. The number of hydrogen-bond donors (Lipinski definition) is 1. The van der Waals surface area contributed by atoms with Crippen molar-refractivity contribution in [1.82, 2.24) is 5.16 Å². The molecule has 172 valence electrons. The van der Waals surface area contributed by atoms with Crippen LogP contribution in [0.15, 0.2) is 41.1 Å². The minimum atomic E-state index is 0.0992. The number of amides is 1. The summed E-state index contributed by atoms with van der Waals surface area (Å²) >= 11 is 0. The van der Waals surface area contributed by atoms with Gasteiger partial charge in [0.25, 0.3) is 0 Å². The number of hydrogen-bond acceptors (Lipinski definition) is 3. The molecule has 0 atom stereocenters. The number of aromatic nitrogens is 1. The van der Waals surface area contributed by atoms with Gasteiger partial charge in [-0.25, -0.2) is 0 Å². The first kappa shape index (κ1) is 25.2. The Kier molecular flexibility index (Phi) is 13.5. The van der Waals surface area contributed by atoms with Crippen molar-refractivity contribution in [1.29, 1.82) is 0 Å². The normalized spacial score (nSPS) is 11.0. The molecule has 2 aromatic rings. The lowest BCUT2D eigenvalue weighted by molar-refractivity contribution is -0.116. The van der Waals surface area contributed by atoms with E-state index in [2.05, 4.69) is 17.4 Å². The van der Waals surface area contributed by atoms with Crippen molar-refractivity contribution < 1.29 is 9.32 Å². The first-order valence-corrected chi connectivity index (χ1v) is 12.6. The molecule has 0 radical (unpaired) electrons. The van der Waals surface area contributed by atoms with Crippen LogP contribution < -0.4 is 5.32 Å². The Labute approximate surface area is 189 Å². The number of nitrogens with zero attached hydrogens (tertiary/aromatic N) is 1. The molecule has 31 heavy (non-hydrogen) atoms. The number of anilines is 1. The molecule has 1 heterocycles. The van der Waals surface area contributed by atoms with Crippen LogP contribution in [-0.4, -0.2) is 11.1 Å². The molecule has 0 spiro atoms. The second-order valence-electron chi connectivity index (χ2n) is 8.70. The van der Waals surface area contributed by atoms with Crippen LogP contribution >= 0.6 is 0 Å². The van der Waals surface area contributed by atoms with E-state index in [1.54, 1.807) is 6.20 Å². The highest BCUT2D eigenvalue weighted by molar-refractivity contribution is 5.90. The molecule has 0 saturated heterocycles. The number of unbranched alkanes of at least 4 members (excludes halogenated alkanes) is 14. The highest BCUT2D eigenvalue weighted by Crippen LogP contribution is 2.21. The average molecular weight is 427 g/mol. The zero-order valence-corrected chi connectivity index (χ0v) is 19.5. The lowest BCUT2D eigenvalue weighted by Gasteiger charge is -2.06. The molecular weight excluding hydrogens is 384 g/mol. The van der Waals surface area contributed by atoms with Gasteiger partial charge in [-0.2, -0.15) is 0 Å². The first-order valence-electron chi connectivity index (χ1n) is 12.6. The van der Waals surface area contributed by atoms with Gasteiger partial charge in [-0.05, 0) is 30.7 Å². The third kappa shape index (κ3) is 11.8. The molecule has 1 aromatic heterocycles. The minimum absolute atomic E-state index is 0.0992. The third-order valence-electron chi connectivity index (χ3n) is 5.90. The average Bonchev–Trinajstić information content (AvgIpc) is 3.32. The van der Waals surface area contributed by atoms with E-state index in [9.17, 15) is 4.79 Å². The van der Waals surface area contributed by atoms with Gasteiger partial charge in [-0.3, -0.25) is 4.79 Å². The molecule has 0 bridgehead atoms. The van der Waals surface area contributed by atoms with Crippen molar-refractivity contribution in [2.45, 2.75) is 110 Å². The molecule has 2 rings (SSSR count). The van der Waals surface area contributed by atoms with Crippen LogP contribution in [0, 0.1) is 0 Å². The van der Waals surface area contributed by atoms with E-state index in [0.717, 1.165) is 29.9 Å². The summed E-state index contributed by atoms with van der Waals surface area (Å²) in [5.41, 5.74) is 1.78. The van der Waals surface area contributed by atoms with Gasteiger partial charge in [-0.1, -0.05) is 102 Å². The molecular formula is C27H42N2O2. The summed E-state index contributed by atoms with van der Waals surface area (Å²) in [6.45, 7) is 2.28. The van der Waals surface area contributed by atoms with Crippen LogP contribution in [0.25, 0.3) is 11.3 Å². The number of carbonyl (C=O) groups is 1. The molecule has 0 aliphatic heterocycles. The van der Waals surface area contributed by atoms with Crippen LogP contribution in [0.1, 0.15) is 110 Å². The van der Waals surface area contributed by atoms with Gasteiger partial charge in [0.05, 0.1) is 6.20 Å². The van der Waals surface area contributed by atoms with Crippen molar-refractivity contribution in [2.24, 2.45) is 0 Å². The molecule has 0 unspecified atom stereocenters. The molecule has 1 amide bonds. The van der Waals surface area contributed by atoms with Gasteiger partial charge in [-0.15, -0.1) is 0 Å². The summed E-state index contributed by atoms with van der Waals surface area (Å²) in [5.74, 6) is 0.831. The smallest absolute Gasteiger partial charge is 0.224 e. The molecule has 1 aromatic carbocycles. The first-order chi connectivity index (χ1) is 15.3. The molecule has 0 aliphatic carbocycles. The Morgan fingerprint density at radius 1 is 0.742 bits per heavy atom. The Morgan fingerprint density at radius 2 is 1.26 bits per heavy atom. The Morgan fingerprint density at radius 3 is 1.74 bits per heavy atom. The van der Waals surface area contributed by atoms with Gasteiger partial charge in [0.2, 0.25) is 5.91 Å². The Balaban J connectivity index is 1.38. The van der Waals surface area contributed by atoms with E-state index in [1.807, 2.05) is 30.3 Å². The second kappa shape index (κ2) is 16.6. The van der Waals surface area contributed by atoms with E-state index in [4.69, 9.17) is 4.52 Å². The van der Waals surface area contributed by atoms with Gasteiger partial charge >= 0.3 is 0 Å². The SMILES string of the molecule is CCCCCCCCCCCCCCCCCC(=O)Nc1ccc(-c2ccno2)cc1. The lowest BCUT2D eigenvalue weighted by Crippen LogP contribution is -2.10. The maximum Gasteiger partial charge on any atom is 0.224 e. The van der Waals surface area contributed by atoms with E-state index in [-0.39, 0.29) is 5.91 Å². The third-order valence-corrected chi connectivity index (χ3v) is 5.90. The van der Waals surface area contributed by atoms with Crippen molar-refractivity contribution >= 4 is 11.6 Å². The summed E-state index contributed by atoms with van der Waals surface area (Å²) in [5, 5.41) is 6.69. The van der Waals surface area contributed by atoms with Gasteiger partial charge in [0, 0.05) is 23.7 Å². The zero-order chi connectivity index (χ0) is 22.0. The molecule has 1 N–H and O–H groups in total. The fraction of sp³-hybridized carbons (Fsp3) is 0.630. The lowest BCUT2D eigenvalue weighted by atomic mass is 10.0.